The molecule has 1 N–H and O–H groups in total. The van der Waals surface area contributed by atoms with E-state index in [0.717, 1.165) is 24.2 Å². The minimum atomic E-state index is 0.721. The molecule has 1 aromatic carbocycles. The van der Waals surface area contributed by atoms with Gasteiger partial charge in [0.25, 0.3) is 0 Å². The minimum absolute atomic E-state index is 0.721. The summed E-state index contributed by atoms with van der Waals surface area (Å²) < 4.78 is 0. The number of benzene rings is 1. The lowest BCUT2D eigenvalue weighted by Gasteiger charge is -2.06. The van der Waals surface area contributed by atoms with E-state index in [1.165, 1.54) is 6.42 Å². The van der Waals surface area contributed by atoms with Gasteiger partial charge in [-0.3, -0.25) is 0 Å². The van der Waals surface area contributed by atoms with Crippen molar-refractivity contribution in [3.63, 3.8) is 0 Å². The van der Waals surface area contributed by atoms with E-state index < -0.39 is 0 Å². The van der Waals surface area contributed by atoms with Crippen LogP contribution in [0.2, 0.25) is 0 Å². The molecule has 0 aromatic heterocycles. The standard InChI is InChI=1S/C11H14N2/c1-2-3-8-13-11-7-5-4-6-10(11)9-12/h4-7,13H,2-3,8H2,1H3. The van der Waals surface area contributed by atoms with Crippen LogP contribution < -0.4 is 5.32 Å². The monoisotopic (exact) mass is 174 g/mol. The van der Waals surface area contributed by atoms with Crippen LogP contribution in [0.25, 0.3) is 0 Å². The molecule has 13 heavy (non-hydrogen) atoms. The van der Waals surface area contributed by atoms with Gasteiger partial charge in [0.05, 0.1) is 11.3 Å². The molecule has 1 rings (SSSR count). The van der Waals surface area contributed by atoms with Gasteiger partial charge in [-0.2, -0.15) is 5.26 Å². The van der Waals surface area contributed by atoms with Gasteiger partial charge in [0.2, 0.25) is 0 Å². The van der Waals surface area contributed by atoms with Gasteiger partial charge >= 0.3 is 0 Å². The predicted octanol–water partition coefficient (Wildman–Crippen LogP) is 2.77. The molecule has 0 saturated heterocycles. The highest BCUT2D eigenvalue weighted by atomic mass is 14.9. The van der Waals surface area contributed by atoms with Crippen LogP contribution in [0.1, 0.15) is 25.3 Å². The summed E-state index contributed by atoms with van der Waals surface area (Å²) in [6, 6.07) is 9.74. The lowest BCUT2D eigenvalue weighted by Crippen LogP contribution is -2.02. The van der Waals surface area contributed by atoms with Crippen LogP contribution in [0.5, 0.6) is 0 Å². The summed E-state index contributed by atoms with van der Waals surface area (Å²) in [5.41, 5.74) is 1.66. The number of nitriles is 1. The lowest BCUT2D eigenvalue weighted by atomic mass is 10.2. The van der Waals surface area contributed by atoms with Crippen molar-refractivity contribution in [2.45, 2.75) is 19.8 Å². The zero-order valence-corrected chi connectivity index (χ0v) is 7.88. The van der Waals surface area contributed by atoms with E-state index in [1.807, 2.05) is 24.3 Å². The Labute approximate surface area is 79.2 Å². The lowest BCUT2D eigenvalue weighted by molar-refractivity contribution is 0.834. The van der Waals surface area contributed by atoms with Crippen LogP contribution in [0.15, 0.2) is 24.3 Å². The summed E-state index contributed by atoms with van der Waals surface area (Å²) >= 11 is 0. The molecular weight excluding hydrogens is 160 g/mol. The van der Waals surface area contributed by atoms with Gasteiger partial charge in [-0.15, -0.1) is 0 Å². The fourth-order valence-electron chi connectivity index (χ4n) is 1.13. The van der Waals surface area contributed by atoms with Gasteiger partial charge in [-0.25, -0.2) is 0 Å². The van der Waals surface area contributed by atoms with E-state index in [4.69, 9.17) is 5.26 Å². The Kier molecular flexibility index (Phi) is 3.84. The Bertz CT molecular complexity index is 299. The minimum Gasteiger partial charge on any atom is -0.384 e. The number of nitrogens with zero attached hydrogens (tertiary/aromatic N) is 1. The second kappa shape index (κ2) is 5.21. The molecule has 2 nitrogen and oxygen atoms in total. The summed E-state index contributed by atoms with van der Waals surface area (Å²) in [6.45, 7) is 3.09. The third-order valence-corrected chi connectivity index (χ3v) is 1.89. The fraction of sp³-hybridized carbons (Fsp3) is 0.364. The average Bonchev–Trinajstić information content (AvgIpc) is 2.19. The molecule has 0 aliphatic heterocycles. The number of hydrogen-bond donors (Lipinski definition) is 1. The molecule has 0 aliphatic carbocycles. The van der Waals surface area contributed by atoms with E-state index in [1.54, 1.807) is 0 Å². The van der Waals surface area contributed by atoms with E-state index in [9.17, 15) is 0 Å². The molecule has 0 heterocycles. The van der Waals surface area contributed by atoms with Crippen molar-refractivity contribution in [1.29, 1.82) is 5.26 Å². The summed E-state index contributed by atoms with van der Waals surface area (Å²) in [5.74, 6) is 0. The number of unbranched alkanes of at least 4 members (excludes halogenated alkanes) is 1. The molecule has 0 unspecified atom stereocenters. The Balaban J connectivity index is 2.60. The van der Waals surface area contributed by atoms with Crippen LogP contribution >= 0.6 is 0 Å². The molecule has 0 radical (unpaired) electrons. The van der Waals surface area contributed by atoms with Crippen LogP contribution in [-0.2, 0) is 0 Å². The third kappa shape index (κ3) is 2.79. The first kappa shape index (κ1) is 9.60. The Morgan fingerprint density at radius 2 is 2.15 bits per heavy atom. The van der Waals surface area contributed by atoms with E-state index in [0.29, 0.717) is 0 Å². The molecule has 0 bridgehead atoms. The number of rotatable bonds is 4. The maximum absolute atomic E-state index is 8.78. The molecule has 0 saturated carbocycles. The maximum atomic E-state index is 8.78. The Hall–Kier alpha value is -1.49. The van der Waals surface area contributed by atoms with Crippen LogP contribution in [0.4, 0.5) is 5.69 Å². The molecule has 1 aromatic rings. The van der Waals surface area contributed by atoms with Crippen molar-refractivity contribution in [2.75, 3.05) is 11.9 Å². The van der Waals surface area contributed by atoms with Crippen molar-refractivity contribution in [1.82, 2.24) is 0 Å². The molecule has 2 heteroatoms. The highest BCUT2D eigenvalue weighted by Gasteiger charge is 1.97. The van der Waals surface area contributed by atoms with Crippen LogP contribution in [0, 0.1) is 11.3 Å². The summed E-state index contributed by atoms with van der Waals surface area (Å²) in [6.07, 6.45) is 2.31. The second-order valence-electron chi connectivity index (χ2n) is 2.94. The van der Waals surface area contributed by atoms with Gasteiger partial charge in [0.1, 0.15) is 6.07 Å². The molecule has 0 spiro atoms. The fourth-order valence-corrected chi connectivity index (χ4v) is 1.13. The molecule has 0 aliphatic rings. The molecule has 0 amide bonds. The first-order valence-electron chi connectivity index (χ1n) is 4.61. The molecule has 0 atom stereocenters. The molecule has 0 fully saturated rings. The van der Waals surface area contributed by atoms with Crippen molar-refractivity contribution < 1.29 is 0 Å². The summed E-state index contributed by atoms with van der Waals surface area (Å²) in [7, 11) is 0. The van der Waals surface area contributed by atoms with Gasteiger partial charge in [0, 0.05) is 6.54 Å². The number of nitrogens with one attached hydrogen (secondary N) is 1. The van der Waals surface area contributed by atoms with Crippen molar-refractivity contribution >= 4 is 5.69 Å². The second-order valence-corrected chi connectivity index (χ2v) is 2.94. The number of hydrogen-bond acceptors (Lipinski definition) is 2. The topological polar surface area (TPSA) is 35.8 Å². The first-order chi connectivity index (χ1) is 6.38. The van der Waals surface area contributed by atoms with Crippen molar-refractivity contribution in [3.8, 4) is 6.07 Å². The van der Waals surface area contributed by atoms with Gasteiger partial charge < -0.3 is 5.32 Å². The number of anilines is 1. The van der Waals surface area contributed by atoms with E-state index >= 15 is 0 Å². The normalized spacial score (nSPS) is 9.23. The zero-order chi connectivity index (χ0) is 9.52. The SMILES string of the molecule is CCCCNc1ccccc1C#N. The number of para-hydroxylation sites is 1. The quantitative estimate of drug-likeness (QED) is 0.712. The Morgan fingerprint density at radius 3 is 2.85 bits per heavy atom. The maximum Gasteiger partial charge on any atom is 0.101 e. The highest BCUT2D eigenvalue weighted by Crippen LogP contribution is 2.13. The highest BCUT2D eigenvalue weighted by molar-refractivity contribution is 5.56. The summed E-state index contributed by atoms with van der Waals surface area (Å²) in [5, 5.41) is 12.0. The van der Waals surface area contributed by atoms with Crippen molar-refractivity contribution in [2.24, 2.45) is 0 Å². The third-order valence-electron chi connectivity index (χ3n) is 1.89. The van der Waals surface area contributed by atoms with Crippen molar-refractivity contribution in [3.05, 3.63) is 29.8 Å². The van der Waals surface area contributed by atoms with Crippen LogP contribution in [0.3, 0.4) is 0 Å². The van der Waals surface area contributed by atoms with E-state index in [2.05, 4.69) is 18.3 Å². The largest absolute Gasteiger partial charge is 0.384 e. The Morgan fingerprint density at radius 1 is 1.38 bits per heavy atom. The van der Waals surface area contributed by atoms with Gasteiger partial charge in [-0.1, -0.05) is 25.5 Å². The summed E-state index contributed by atoms with van der Waals surface area (Å²) in [4.78, 5) is 0. The first-order valence-corrected chi connectivity index (χ1v) is 4.61. The predicted molar refractivity (Wildman–Crippen MR) is 54.6 cm³/mol. The average molecular weight is 174 g/mol. The van der Waals surface area contributed by atoms with E-state index in [-0.39, 0.29) is 0 Å². The van der Waals surface area contributed by atoms with Gasteiger partial charge in [0.15, 0.2) is 0 Å². The molecule has 68 valence electrons. The zero-order valence-electron chi connectivity index (χ0n) is 7.88. The van der Waals surface area contributed by atoms with Crippen LogP contribution in [-0.4, -0.2) is 6.54 Å². The smallest absolute Gasteiger partial charge is 0.101 e. The molecular formula is C11H14N2. The van der Waals surface area contributed by atoms with Gasteiger partial charge in [-0.05, 0) is 18.6 Å².